The van der Waals surface area contributed by atoms with Crippen LogP contribution in [0.15, 0.2) is 11.6 Å². The second-order valence-electron chi connectivity index (χ2n) is 3.49. The first-order valence-electron chi connectivity index (χ1n) is 5.50. The van der Waals surface area contributed by atoms with E-state index < -0.39 is 0 Å². The van der Waals surface area contributed by atoms with Crippen molar-refractivity contribution in [2.45, 2.75) is 32.2 Å². The Balaban J connectivity index is 2.18. The Morgan fingerprint density at radius 2 is 2.40 bits per heavy atom. The highest BCUT2D eigenvalue weighted by Crippen LogP contribution is 2.18. The van der Waals surface area contributed by atoms with Crippen LogP contribution in [0.1, 0.15) is 37.2 Å². The fourth-order valence-electron chi connectivity index (χ4n) is 1.46. The Bertz CT molecular complexity index is 237. The maximum absolute atomic E-state index is 4.35. The van der Waals surface area contributed by atoms with E-state index >= 15 is 0 Å². The number of nitrogens with one attached hydrogen (secondary N) is 1. The Hall–Kier alpha value is -0.0600. The minimum Gasteiger partial charge on any atom is -0.308 e. The van der Waals surface area contributed by atoms with Gasteiger partial charge < -0.3 is 5.32 Å². The highest BCUT2D eigenvalue weighted by Gasteiger charge is 2.09. The molecule has 0 spiro atoms. The van der Waals surface area contributed by atoms with Crippen molar-refractivity contribution in [2.24, 2.45) is 0 Å². The molecule has 0 amide bonds. The average molecular weight is 244 g/mol. The third-order valence-corrected chi connectivity index (χ3v) is 3.91. The topological polar surface area (TPSA) is 24.9 Å². The molecule has 1 rings (SSSR count). The molecule has 0 aliphatic heterocycles. The summed E-state index contributed by atoms with van der Waals surface area (Å²) in [5.41, 5.74) is 0. The van der Waals surface area contributed by atoms with E-state index in [2.05, 4.69) is 23.5 Å². The van der Waals surface area contributed by atoms with Crippen molar-refractivity contribution in [1.82, 2.24) is 10.3 Å². The maximum Gasteiger partial charge on any atom is 0.109 e. The molecule has 4 heteroatoms. The zero-order valence-corrected chi connectivity index (χ0v) is 11.2. The minimum absolute atomic E-state index is 0.458. The monoisotopic (exact) mass is 244 g/mol. The first-order chi connectivity index (χ1) is 7.38. The van der Waals surface area contributed by atoms with Gasteiger partial charge in [-0.05, 0) is 37.8 Å². The highest BCUT2D eigenvalue weighted by molar-refractivity contribution is 7.98. The Labute approximate surface area is 101 Å². The van der Waals surface area contributed by atoms with Crippen LogP contribution in [-0.4, -0.2) is 23.5 Å². The van der Waals surface area contributed by atoms with Crippen LogP contribution < -0.4 is 5.32 Å². The van der Waals surface area contributed by atoms with Crippen LogP contribution in [-0.2, 0) is 0 Å². The van der Waals surface area contributed by atoms with E-state index in [1.807, 2.05) is 23.3 Å². The number of thioether (sulfide) groups is 1. The second-order valence-corrected chi connectivity index (χ2v) is 5.40. The standard InChI is InChI=1S/C11H20N2S2/c1-3-10(11-13-7-9-15-11)12-6-4-5-8-14-2/h7,9-10,12H,3-6,8H2,1-2H3. The molecule has 0 saturated carbocycles. The molecule has 1 aromatic heterocycles. The van der Waals surface area contributed by atoms with Crippen LogP contribution >= 0.6 is 23.1 Å². The quantitative estimate of drug-likeness (QED) is 0.710. The molecule has 0 fully saturated rings. The molecular formula is C11H20N2S2. The van der Waals surface area contributed by atoms with Gasteiger partial charge in [0.15, 0.2) is 0 Å². The summed E-state index contributed by atoms with van der Waals surface area (Å²) in [4.78, 5) is 4.35. The number of aromatic nitrogens is 1. The summed E-state index contributed by atoms with van der Waals surface area (Å²) in [7, 11) is 0. The summed E-state index contributed by atoms with van der Waals surface area (Å²) >= 11 is 3.67. The largest absolute Gasteiger partial charge is 0.308 e. The summed E-state index contributed by atoms with van der Waals surface area (Å²) in [6.07, 6.45) is 7.75. The molecule has 0 aromatic carbocycles. The predicted molar refractivity (Wildman–Crippen MR) is 70.8 cm³/mol. The van der Waals surface area contributed by atoms with Crippen LogP contribution in [0.4, 0.5) is 0 Å². The molecule has 1 heterocycles. The van der Waals surface area contributed by atoms with Gasteiger partial charge in [-0.1, -0.05) is 6.92 Å². The fourth-order valence-corrected chi connectivity index (χ4v) is 2.75. The molecule has 0 saturated heterocycles. The summed E-state index contributed by atoms with van der Waals surface area (Å²) in [6, 6.07) is 0.458. The summed E-state index contributed by atoms with van der Waals surface area (Å²) in [6.45, 7) is 3.32. The molecule has 1 aromatic rings. The molecule has 0 aliphatic rings. The van der Waals surface area contributed by atoms with Crippen molar-refractivity contribution < 1.29 is 0 Å². The molecule has 0 radical (unpaired) electrons. The predicted octanol–water partition coefficient (Wildman–Crippen LogP) is 3.33. The number of rotatable bonds is 8. The Kier molecular flexibility index (Phi) is 7.05. The van der Waals surface area contributed by atoms with Crippen LogP contribution in [0, 0.1) is 0 Å². The van der Waals surface area contributed by atoms with Crippen molar-refractivity contribution in [3.8, 4) is 0 Å². The third-order valence-electron chi connectivity index (χ3n) is 2.32. The lowest BCUT2D eigenvalue weighted by atomic mass is 10.2. The summed E-state index contributed by atoms with van der Waals surface area (Å²) in [5.74, 6) is 1.27. The van der Waals surface area contributed by atoms with E-state index in [1.165, 1.54) is 23.6 Å². The number of thiazole rings is 1. The lowest BCUT2D eigenvalue weighted by Crippen LogP contribution is -2.21. The van der Waals surface area contributed by atoms with Gasteiger partial charge in [0.1, 0.15) is 5.01 Å². The molecule has 1 unspecified atom stereocenters. The van der Waals surface area contributed by atoms with Gasteiger partial charge in [0, 0.05) is 11.6 Å². The molecule has 2 nitrogen and oxygen atoms in total. The van der Waals surface area contributed by atoms with E-state index in [-0.39, 0.29) is 0 Å². The van der Waals surface area contributed by atoms with Crippen molar-refractivity contribution in [3.05, 3.63) is 16.6 Å². The van der Waals surface area contributed by atoms with Gasteiger partial charge in [-0.15, -0.1) is 11.3 Å². The van der Waals surface area contributed by atoms with E-state index in [9.17, 15) is 0 Å². The van der Waals surface area contributed by atoms with Crippen LogP contribution in [0.3, 0.4) is 0 Å². The zero-order valence-electron chi connectivity index (χ0n) is 9.53. The van der Waals surface area contributed by atoms with E-state index in [0.29, 0.717) is 6.04 Å². The number of unbranched alkanes of at least 4 members (excludes halogenated alkanes) is 1. The van der Waals surface area contributed by atoms with Gasteiger partial charge >= 0.3 is 0 Å². The SMILES string of the molecule is CCC(NCCCCSC)c1nccs1. The van der Waals surface area contributed by atoms with Gasteiger partial charge in [-0.25, -0.2) is 4.98 Å². The Morgan fingerprint density at radius 1 is 1.53 bits per heavy atom. The summed E-state index contributed by atoms with van der Waals surface area (Å²) in [5, 5.41) is 6.84. The van der Waals surface area contributed by atoms with Crippen molar-refractivity contribution in [3.63, 3.8) is 0 Å². The van der Waals surface area contributed by atoms with E-state index in [0.717, 1.165) is 13.0 Å². The smallest absolute Gasteiger partial charge is 0.109 e. The molecular weight excluding hydrogens is 224 g/mol. The number of hydrogen-bond donors (Lipinski definition) is 1. The van der Waals surface area contributed by atoms with E-state index in [1.54, 1.807) is 11.3 Å². The molecule has 1 atom stereocenters. The van der Waals surface area contributed by atoms with Gasteiger partial charge in [0.25, 0.3) is 0 Å². The van der Waals surface area contributed by atoms with Crippen molar-refractivity contribution in [1.29, 1.82) is 0 Å². The van der Waals surface area contributed by atoms with Crippen LogP contribution in [0.25, 0.3) is 0 Å². The highest BCUT2D eigenvalue weighted by atomic mass is 32.2. The molecule has 86 valence electrons. The van der Waals surface area contributed by atoms with Crippen molar-refractivity contribution >= 4 is 23.1 Å². The normalized spacial score (nSPS) is 12.9. The molecule has 15 heavy (non-hydrogen) atoms. The fraction of sp³-hybridized carbons (Fsp3) is 0.727. The van der Waals surface area contributed by atoms with Crippen molar-refractivity contribution in [2.75, 3.05) is 18.6 Å². The lowest BCUT2D eigenvalue weighted by Gasteiger charge is -2.13. The number of nitrogens with zero attached hydrogens (tertiary/aromatic N) is 1. The Morgan fingerprint density at radius 3 is 3.00 bits per heavy atom. The number of hydrogen-bond acceptors (Lipinski definition) is 4. The van der Waals surface area contributed by atoms with Gasteiger partial charge in [-0.2, -0.15) is 11.8 Å². The van der Waals surface area contributed by atoms with E-state index in [4.69, 9.17) is 0 Å². The first-order valence-corrected chi connectivity index (χ1v) is 7.77. The van der Waals surface area contributed by atoms with Gasteiger partial charge in [0.2, 0.25) is 0 Å². The van der Waals surface area contributed by atoms with Crippen LogP contribution in [0.5, 0.6) is 0 Å². The molecule has 1 N–H and O–H groups in total. The van der Waals surface area contributed by atoms with Gasteiger partial charge in [0.05, 0.1) is 6.04 Å². The van der Waals surface area contributed by atoms with Crippen LogP contribution in [0.2, 0.25) is 0 Å². The summed E-state index contributed by atoms with van der Waals surface area (Å²) < 4.78 is 0. The molecule has 0 bridgehead atoms. The second kappa shape index (κ2) is 8.13. The maximum atomic E-state index is 4.35. The molecule has 0 aliphatic carbocycles. The van der Waals surface area contributed by atoms with Gasteiger partial charge in [-0.3, -0.25) is 0 Å². The minimum atomic E-state index is 0.458. The average Bonchev–Trinajstić information content (AvgIpc) is 2.77. The lowest BCUT2D eigenvalue weighted by molar-refractivity contribution is 0.506. The zero-order chi connectivity index (χ0) is 10.9. The third kappa shape index (κ3) is 5.00. The first kappa shape index (κ1) is 13.0.